The van der Waals surface area contributed by atoms with Gasteiger partial charge in [-0.05, 0) is 112 Å². The van der Waals surface area contributed by atoms with E-state index in [2.05, 4.69) is 203 Å². The van der Waals surface area contributed by atoms with Crippen LogP contribution in [0.5, 0.6) is 0 Å². The van der Waals surface area contributed by atoms with E-state index in [1.54, 1.807) is 0 Å². The average Bonchev–Trinajstić information content (AvgIpc) is 3.90. The van der Waals surface area contributed by atoms with E-state index in [1.807, 2.05) is 11.3 Å². The molecule has 0 fully saturated rings. The molecule has 12 rings (SSSR count). The number of hydrogen-bond donors (Lipinski definition) is 0. The first-order valence-corrected chi connectivity index (χ1v) is 19.6. The molecule has 9 aromatic carbocycles. The van der Waals surface area contributed by atoms with Crippen molar-refractivity contribution in [3.8, 4) is 33.6 Å². The standard InChI is InChI=1S/C52H32N2S/c1-2-10-33(11-3-1)34-18-22-39(23-19-34)53-47-16-8-6-14-41(47)43-29-37(20-25-48(43)53)38-21-26-49-44(30-38)45-28-35-12-4-5-13-36(35)31-50(45)54(49)40-24-27-52-46(32-40)42-15-7-9-17-51(42)55-52/h1-32H. The molecule has 3 heterocycles. The van der Waals surface area contributed by atoms with Crippen molar-refractivity contribution in [2.75, 3.05) is 0 Å². The van der Waals surface area contributed by atoms with E-state index in [4.69, 9.17) is 0 Å². The van der Waals surface area contributed by atoms with E-state index in [1.165, 1.54) is 102 Å². The monoisotopic (exact) mass is 716 g/mol. The second-order valence-electron chi connectivity index (χ2n) is 14.6. The zero-order chi connectivity index (χ0) is 36.0. The summed E-state index contributed by atoms with van der Waals surface area (Å²) in [5, 5.41) is 10.2. The predicted molar refractivity (Wildman–Crippen MR) is 236 cm³/mol. The summed E-state index contributed by atoms with van der Waals surface area (Å²) < 4.78 is 7.51. The number of nitrogens with zero attached hydrogens (tertiary/aromatic N) is 2. The van der Waals surface area contributed by atoms with Gasteiger partial charge in [0.2, 0.25) is 0 Å². The lowest BCUT2D eigenvalue weighted by Gasteiger charge is -2.10. The first-order chi connectivity index (χ1) is 27.2. The van der Waals surface area contributed by atoms with E-state index in [9.17, 15) is 0 Å². The predicted octanol–water partition coefficient (Wildman–Crippen LogP) is 14.7. The SMILES string of the molecule is c1ccc(-c2ccc(-n3c4ccccc4c4cc(-c5ccc6c(c5)c5cc7ccccc7cc5n6-c5ccc6sc7ccccc7c6c5)ccc43)cc2)cc1. The van der Waals surface area contributed by atoms with Gasteiger partial charge in [0.1, 0.15) is 0 Å². The molecule has 0 aliphatic carbocycles. The molecule has 0 N–H and O–H groups in total. The highest BCUT2D eigenvalue weighted by Crippen LogP contribution is 2.41. The highest BCUT2D eigenvalue weighted by Gasteiger charge is 2.18. The lowest BCUT2D eigenvalue weighted by atomic mass is 10.00. The first-order valence-electron chi connectivity index (χ1n) is 18.8. The van der Waals surface area contributed by atoms with Crippen molar-refractivity contribution in [3.05, 3.63) is 194 Å². The lowest BCUT2D eigenvalue weighted by molar-refractivity contribution is 1.18. The van der Waals surface area contributed by atoms with Crippen LogP contribution in [-0.4, -0.2) is 9.13 Å². The van der Waals surface area contributed by atoms with Crippen LogP contribution < -0.4 is 0 Å². The van der Waals surface area contributed by atoms with Crippen molar-refractivity contribution in [2.45, 2.75) is 0 Å². The Hall–Kier alpha value is -6.94. The Morgan fingerprint density at radius 3 is 1.58 bits per heavy atom. The highest BCUT2D eigenvalue weighted by molar-refractivity contribution is 7.25. The maximum Gasteiger partial charge on any atom is 0.0547 e. The van der Waals surface area contributed by atoms with Gasteiger partial charge in [0.05, 0.1) is 22.1 Å². The summed E-state index contributed by atoms with van der Waals surface area (Å²) in [6.45, 7) is 0. The van der Waals surface area contributed by atoms with E-state index in [0.29, 0.717) is 0 Å². The molecular weight excluding hydrogens is 685 g/mol. The van der Waals surface area contributed by atoms with Crippen molar-refractivity contribution >= 4 is 85.9 Å². The molecule has 2 nitrogen and oxygen atoms in total. The van der Waals surface area contributed by atoms with Crippen LogP contribution in [0.15, 0.2) is 194 Å². The number of benzene rings is 9. The van der Waals surface area contributed by atoms with Gasteiger partial charge in [0, 0.05) is 53.1 Å². The van der Waals surface area contributed by atoms with Crippen LogP contribution in [0.2, 0.25) is 0 Å². The minimum Gasteiger partial charge on any atom is -0.309 e. The fraction of sp³-hybridized carbons (Fsp3) is 0. The second-order valence-corrected chi connectivity index (χ2v) is 15.6. The number of aromatic nitrogens is 2. The van der Waals surface area contributed by atoms with Gasteiger partial charge in [-0.25, -0.2) is 0 Å². The summed E-state index contributed by atoms with van der Waals surface area (Å²) >= 11 is 1.87. The summed E-state index contributed by atoms with van der Waals surface area (Å²) in [7, 11) is 0. The van der Waals surface area contributed by atoms with Crippen LogP contribution in [0, 0.1) is 0 Å². The Bertz CT molecular complexity index is 3470. The lowest BCUT2D eigenvalue weighted by Crippen LogP contribution is -1.94. The third-order valence-electron chi connectivity index (χ3n) is 11.5. The molecule has 0 aliphatic heterocycles. The van der Waals surface area contributed by atoms with Gasteiger partial charge >= 0.3 is 0 Å². The van der Waals surface area contributed by atoms with E-state index in [0.717, 1.165) is 5.69 Å². The summed E-state index contributed by atoms with van der Waals surface area (Å²) in [4.78, 5) is 0. The summed E-state index contributed by atoms with van der Waals surface area (Å²) in [5.74, 6) is 0. The molecule has 0 saturated carbocycles. The van der Waals surface area contributed by atoms with E-state index in [-0.39, 0.29) is 0 Å². The minimum absolute atomic E-state index is 1.16. The zero-order valence-electron chi connectivity index (χ0n) is 29.8. The van der Waals surface area contributed by atoms with Crippen molar-refractivity contribution < 1.29 is 0 Å². The number of thiophene rings is 1. The van der Waals surface area contributed by atoms with Gasteiger partial charge in [-0.2, -0.15) is 0 Å². The Labute approximate surface area is 321 Å². The number of rotatable bonds is 4. The third-order valence-corrected chi connectivity index (χ3v) is 12.6. The Balaban J connectivity index is 1.04. The molecule has 3 aromatic heterocycles. The first kappa shape index (κ1) is 30.5. The number of hydrogen-bond acceptors (Lipinski definition) is 1. The molecule has 0 aliphatic rings. The largest absolute Gasteiger partial charge is 0.309 e. The average molecular weight is 717 g/mol. The maximum absolute atomic E-state index is 2.46. The van der Waals surface area contributed by atoms with Crippen molar-refractivity contribution in [3.63, 3.8) is 0 Å². The highest BCUT2D eigenvalue weighted by atomic mass is 32.1. The Morgan fingerprint density at radius 1 is 0.273 bits per heavy atom. The molecule has 0 bridgehead atoms. The third kappa shape index (κ3) is 4.67. The summed E-state index contributed by atoms with van der Waals surface area (Å²) in [6, 6.07) is 71.5. The van der Waals surface area contributed by atoms with Crippen molar-refractivity contribution in [1.29, 1.82) is 0 Å². The van der Waals surface area contributed by atoms with Gasteiger partial charge < -0.3 is 9.13 Å². The molecule has 0 radical (unpaired) electrons. The van der Waals surface area contributed by atoms with E-state index >= 15 is 0 Å². The number of fused-ring (bicyclic) bond motifs is 10. The Kier molecular flexibility index (Phi) is 6.54. The maximum atomic E-state index is 2.46. The smallest absolute Gasteiger partial charge is 0.0547 e. The molecule has 3 heteroatoms. The molecule has 0 saturated heterocycles. The van der Waals surface area contributed by atoms with E-state index < -0.39 is 0 Å². The Morgan fingerprint density at radius 2 is 0.800 bits per heavy atom. The molecule has 0 atom stereocenters. The normalized spacial score (nSPS) is 12.0. The van der Waals surface area contributed by atoms with Crippen LogP contribution in [0.4, 0.5) is 0 Å². The van der Waals surface area contributed by atoms with Crippen molar-refractivity contribution in [1.82, 2.24) is 9.13 Å². The summed E-state index contributed by atoms with van der Waals surface area (Å²) in [5.41, 5.74) is 12.1. The van der Waals surface area contributed by atoms with Gasteiger partial charge in [-0.3, -0.25) is 0 Å². The van der Waals surface area contributed by atoms with Crippen LogP contribution in [0.3, 0.4) is 0 Å². The van der Waals surface area contributed by atoms with Crippen LogP contribution >= 0.6 is 11.3 Å². The van der Waals surface area contributed by atoms with Gasteiger partial charge in [0.25, 0.3) is 0 Å². The molecular formula is C52H32N2S. The van der Waals surface area contributed by atoms with Gasteiger partial charge in [-0.1, -0.05) is 115 Å². The summed E-state index contributed by atoms with van der Waals surface area (Å²) in [6.07, 6.45) is 0. The molecule has 12 aromatic rings. The quantitative estimate of drug-likeness (QED) is 0.172. The van der Waals surface area contributed by atoms with Gasteiger partial charge in [0.15, 0.2) is 0 Å². The molecule has 0 spiro atoms. The van der Waals surface area contributed by atoms with Crippen LogP contribution in [-0.2, 0) is 0 Å². The fourth-order valence-electron chi connectivity index (χ4n) is 8.88. The topological polar surface area (TPSA) is 9.86 Å². The van der Waals surface area contributed by atoms with Crippen LogP contribution in [0.25, 0.3) is 108 Å². The minimum atomic E-state index is 1.16. The number of para-hydroxylation sites is 1. The fourth-order valence-corrected chi connectivity index (χ4v) is 9.97. The van der Waals surface area contributed by atoms with Crippen molar-refractivity contribution in [2.24, 2.45) is 0 Å². The van der Waals surface area contributed by atoms with Gasteiger partial charge in [-0.15, -0.1) is 11.3 Å². The molecule has 256 valence electrons. The second kappa shape index (κ2) is 11.8. The molecule has 0 amide bonds. The molecule has 0 unspecified atom stereocenters. The zero-order valence-corrected chi connectivity index (χ0v) is 30.6. The molecule has 55 heavy (non-hydrogen) atoms. The van der Waals surface area contributed by atoms with Crippen LogP contribution in [0.1, 0.15) is 0 Å².